The number of aryl methyl sites for hydroxylation is 2. The Morgan fingerprint density at radius 3 is 2.19 bits per heavy atom. The largest absolute Gasteiger partial charge is 0.107 e. The van der Waals surface area contributed by atoms with E-state index in [0.29, 0.717) is 0 Å². The smallest absolute Gasteiger partial charge is 0.105 e. The third kappa shape index (κ3) is 6.40. The lowest BCUT2D eigenvalue weighted by Gasteiger charge is -2.03. The zero-order valence-corrected chi connectivity index (χ0v) is 11.4. The minimum Gasteiger partial charge on any atom is -0.105 e. The highest BCUT2D eigenvalue weighted by Crippen LogP contribution is 2.14. The Labute approximate surface area is 109 Å². The fraction of sp³-hybridized carbons (Fsp3) is 0.571. The van der Waals surface area contributed by atoms with Crippen LogP contribution in [0.3, 0.4) is 0 Å². The van der Waals surface area contributed by atoms with Gasteiger partial charge < -0.3 is 0 Å². The summed E-state index contributed by atoms with van der Waals surface area (Å²) in [6.07, 6.45) is 7.03. The molecule has 0 atom stereocenters. The molecule has 2 heteroatoms. The van der Waals surface area contributed by atoms with Crippen LogP contribution in [0.4, 0.5) is 0 Å². The van der Waals surface area contributed by atoms with E-state index in [-0.39, 0.29) is 4.84 Å². The first-order valence-corrected chi connectivity index (χ1v) is 6.89. The van der Waals surface area contributed by atoms with E-state index in [4.69, 9.17) is 23.2 Å². The topological polar surface area (TPSA) is 0 Å². The fourth-order valence-electron chi connectivity index (χ4n) is 1.74. The maximum atomic E-state index is 5.67. The van der Waals surface area contributed by atoms with Crippen LogP contribution >= 0.6 is 23.2 Å². The van der Waals surface area contributed by atoms with Gasteiger partial charge in [-0.05, 0) is 31.7 Å². The van der Waals surface area contributed by atoms with Crippen LogP contribution in [0.25, 0.3) is 0 Å². The Balaban J connectivity index is 2.05. The van der Waals surface area contributed by atoms with Gasteiger partial charge in [-0.25, -0.2) is 0 Å². The molecule has 0 unspecified atom stereocenters. The molecule has 0 bridgehead atoms. The number of benzene rings is 1. The highest BCUT2D eigenvalue weighted by atomic mass is 35.5. The van der Waals surface area contributed by atoms with Crippen LogP contribution < -0.4 is 0 Å². The summed E-state index contributed by atoms with van der Waals surface area (Å²) in [5.74, 6) is 0. The van der Waals surface area contributed by atoms with Crippen molar-refractivity contribution < 1.29 is 0 Å². The average molecular weight is 259 g/mol. The first-order chi connectivity index (χ1) is 7.68. The molecule has 0 aromatic heterocycles. The van der Waals surface area contributed by atoms with Crippen molar-refractivity contribution in [2.45, 2.75) is 50.3 Å². The summed E-state index contributed by atoms with van der Waals surface area (Å²) in [5, 5.41) is 0. The van der Waals surface area contributed by atoms with E-state index in [9.17, 15) is 0 Å². The molecule has 90 valence electrons. The number of hydrogen-bond acceptors (Lipinski definition) is 0. The lowest BCUT2D eigenvalue weighted by Crippen LogP contribution is -1.89. The number of alkyl halides is 2. The first-order valence-electron chi connectivity index (χ1n) is 6.02. The molecule has 1 aromatic carbocycles. The van der Waals surface area contributed by atoms with Crippen LogP contribution in [-0.2, 0) is 6.42 Å². The van der Waals surface area contributed by atoms with Gasteiger partial charge in [0.1, 0.15) is 4.84 Å². The van der Waals surface area contributed by atoms with Crippen molar-refractivity contribution >= 4 is 23.2 Å². The predicted molar refractivity (Wildman–Crippen MR) is 73.5 cm³/mol. The molecule has 0 saturated heterocycles. The maximum absolute atomic E-state index is 5.67. The summed E-state index contributed by atoms with van der Waals surface area (Å²) < 4.78 is 0. The molecule has 0 fully saturated rings. The van der Waals surface area contributed by atoms with Gasteiger partial charge in [0.05, 0.1) is 0 Å². The highest BCUT2D eigenvalue weighted by Gasteiger charge is 1.98. The van der Waals surface area contributed by atoms with Gasteiger partial charge in [0.25, 0.3) is 0 Å². The second kappa shape index (κ2) is 7.97. The molecule has 0 nitrogen and oxygen atoms in total. The zero-order chi connectivity index (χ0) is 11.8. The molecule has 0 amide bonds. The number of halogens is 2. The molecule has 1 rings (SSSR count). The van der Waals surface area contributed by atoms with Crippen molar-refractivity contribution in [3.8, 4) is 0 Å². The van der Waals surface area contributed by atoms with Gasteiger partial charge in [0.15, 0.2) is 0 Å². The molecule has 0 radical (unpaired) electrons. The van der Waals surface area contributed by atoms with Crippen LogP contribution in [0.2, 0.25) is 0 Å². The summed E-state index contributed by atoms with van der Waals surface area (Å²) in [4.78, 5) is -0.183. The Kier molecular flexibility index (Phi) is 6.91. The molecular weight excluding hydrogens is 239 g/mol. The molecule has 1 aromatic rings. The Bertz CT molecular complexity index is 277. The van der Waals surface area contributed by atoms with Gasteiger partial charge in [0.2, 0.25) is 0 Å². The lowest BCUT2D eigenvalue weighted by molar-refractivity contribution is 0.627. The normalized spacial score (nSPS) is 11.0. The quantitative estimate of drug-likeness (QED) is 0.461. The second-order valence-corrected chi connectivity index (χ2v) is 5.61. The summed E-state index contributed by atoms with van der Waals surface area (Å²) >= 11 is 11.3. The molecule has 0 aliphatic carbocycles. The SMILES string of the molecule is Cc1ccc(CCCCCCC(Cl)Cl)cc1. The first kappa shape index (κ1) is 13.9. The van der Waals surface area contributed by atoms with E-state index in [2.05, 4.69) is 31.2 Å². The van der Waals surface area contributed by atoms with E-state index >= 15 is 0 Å². The van der Waals surface area contributed by atoms with Crippen LogP contribution in [0.5, 0.6) is 0 Å². The van der Waals surface area contributed by atoms with Gasteiger partial charge in [-0.3, -0.25) is 0 Å². The van der Waals surface area contributed by atoms with E-state index < -0.39 is 0 Å². The second-order valence-electron chi connectivity index (χ2n) is 4.33. The van der Waals surface area contributed by atoms with Gasteiger partial charge in [-0.1, -0.05) is 49.1 Å². The minimum atomic E-state index is -0.183. The van der Waals surface area contributed by atoms with Crippen molar-refractivity contribution in [2.75, 3.05) is 0 Å². The third-order valence-corrected chi connectivity index (χ3v) is 3.19. The molecule has 0 heterocycles. The van der Waals surface area contributed by atoms with Gasteiger partial charge in [0, 0.05) is 0 Å². The van der Waals surface area contributed by atoms with Gasteiger partial charge >= 0.3 is 0 Å². The summed E-state index contributed by atoms with van der Waals surface area (Å²) in [5.41, 5.74) is 2.78. The van der Waals surface area contributed by atoms with E-state index in [1.807, 2.05) is 0 Å². The summed E-state index contributed by atoms with van der Waals surface area (Å²) in [7, 11) is 0. The van der Waals surface area contributed by atoms with Gasteiger partial charge in [-0.2, -0.15) is 0 Å². The van der Waals surface area contributed by atoms with Gasteiger partial charge in [-0.15, -0.1) is 23.2 Å². The number of rotatable bonds is 7. The summed E-state index contributed by atoms with van der Waals surface area (Å²) in [6, 6.07) is 8.81. The van der Waals surface area contributed by atoms with E-state index in [0.717, 1.165) is 12.8 Å². The molecule has 0 aliphatic rings. The maximum Gasteiger partial charge on any atom is 0.107 e. The van der Waals surface area contributed by atoms with E-state index in [1.54, 1.807) is 0 Å². The van der Waals surface area contributed by atoms with Crippen LogP contribution in [0.15, 0.2) is 24.3 Å². The monoisotopic (exact) mass is 258 g/mol. The van der Waals surface area contributed by atoms with Crippen LogP contribution in [0, 0.1) is 6.92 Å². The molecule has 0 saturated carbocycles. The highest BCUT2D eigenvalue weighted by molar-refractivity contribution is 6.44. The van der Waals surface area contributed by atoms with Crippen molar-refractivity contribution in [1.82, 2.24) is 0 Å². The lowest BCUT2D eigenvalue weighted by atomic mass is 10.0. The molecule has 16 heavy (non-hydrogen) atoms. The predicted octanol–water partition coefficient (Wildman–Crippen LogP) is 5.29. The van der Waals surface area contributed by atoms with E-state index in [1.165, 1.54) is 36.8 Å². The molecule has 0 spiro atoms. The summed E-state index contributed by atoms with van der Waals surface area (Å²) in [6.45, 7) is 2.12. The Morgan fingerprint density at radius 2 is 1.56 bits per heavy atom. The zero-order valence-electron chi connectivity index (χ0n) is 9.89. The van der Waals surface area contributed by atoms with Crippen molar-refractivity contribution in [2.24, 2.45) is 0 Å². The van der Waals surface area contributed by atoms with Crippen molar-refractivity contribution in [1.29, 1.82) is 0 Å². The van der Waals surface area contributed by atoms with Crippen LogP contribution in [0.1, 0.15) is 43.2 Å². The third-order valence-electron chi connectivity index (χ3n) is 2.76. The standard InChI is InChI=1S/C14H20Cl2/c1-12-8-10-13(11-9-12)6-4-2-3-5-7-14(15)16/h8-11,14H,2-7H2,1H3. The average Bonchev–Trinajstić information content (AvgIpc) is 2.25. The van der Waals surface area contributed by atoms with Crippen molar-refractivity contribution in [3.63, 3.8) is 0 Å². The number of unbranched alkanes of at least 4 members (excludes halogenated alkanes) is 3. The van der Waals surface area contributed by atoms with Crippen LogP contribution in [-0.4, -0.2) is 4.84 Å². The number of hydrogen-bond donors (Lipinski definition) is 0. The molecule has 0 aliphatic heterocycles. The minimum absolute atomic E-state index is 0.183. The molecular formula is C14H20Cl2. The Morgan fingerprint density at radius 1 is 0.938 bits per heavy atom. The van der Waals surface area contributed by atoms with Crippen molar-refractivity contribution in [3.05, 3.63) is 35.4 Å². The Hall–Kier alpha value is -0.200. The fourth-order valence-corrected chi connectivity index (χ4v) is 2.04. The molecule has 0 N–H and O–H groups in total.